The van der Waals surface area contributed by atoms with Crippen LogP contribution in [0.25, 0.3) is 5.57 Å². The molecule has 0 amide bonds. The van der Waals surface area contributed by atoms with Crippen molar-refractivity contribution in [2.45, 2.75) is 91.4 Å². The highest BCUT2D eigenvalue weighted by Gasteiger charge is 2.31. The molecule has 3 heteroatoms. The van der Waals surface area contributed by atoms with Crippen molar-refractivity contribution in [3.8, 4) is 0 Å². The molecule has 1 aromatic rings. The first-order valence-electron chi connectivity index (χ1n) is 12.4. The van der Waals surface area contributed by atoms with Crippen LogP contribution in [0, 0.1) is 41.1 Å². The van der Waals surface area contributed by atoms with Crippen LogP contribution < -0.4 is 0 Å². The summed E-state index contributed by atoms with van der Waals surface area (Å²) in [6, 6.07) is 2.15. The van der Waals surface area contributed by atoms with E-state index in [1.54, 1.807) is 0 Å². The summed E-state index contributed by atoms with van der Waals surface area (Å²) in [7, 11) is 0. The van der Waals surface area contributed by atoms with E-state index in [1.807, 2.05) is 13.0 Å². The van der Waals surface area contributed by atoms with E-state index in [4.69, 9.17) is 0 Å². The van der Waals surface area contributed by atoms with E-state index in [0.29, 0.717) is 11.5 Å². The van der Waals surface area contributed by atoms with Crippen molar-refractivity contribution in [1.29, 1.82) is 0 Å². The molecule has 0 bridgehead atoms. The fraction of sp³-hybridized carbons (Fsp3) is 0.643. The predicted molar refractivity (Wildman–Crippen MR) is 124 cm³/mol. The minimum absolute atomic E-state index is 0.394. The highest BCUT2D eigenvalue weighted by Crippen LogP contribution is 2.43. The molecule has 172 valence electrons. The second-order valence-electron chi connectivity index (χ2n) is 9.88. The average Bonchev–Trinajstić information content (AvgIpc) is 2.78. The molecule has 2 fully saturated rings. The normalized spacial score (nSPS) is 28.1. The maximum Gasteiger partial charge on any atom is 0.194 e. The third-order valence-corrected chi connectivity index (χ3v) is 7.95. The highest BCUT2D eigenvalue weighted by molar-refractivity contribution is 5.65. The SMILES string of the molecule is CCCC1CCC(C2CCC(/C(=C/C=C(\C)c3cc(F)c(F)c(F)c3)CC)CC2)CC1. The second kappa shape index (κ2) is 11.4. The van der Waals surface area contributed by atoms with Gasteiger partial charge in [-0.05, 0) is 98.8 Å². The molecule has 1 aromatic carbocycles. The lowest BCUT2D eigenvalue weighted by molar-refractivity contribution is 0.150. The average molecular weight is 433 g/mol. The minimum atomic E-state index is -1.41. The molecule has 2 aliphatic rings. The standard InChI is InChI=1S/C28H39F3/c1-4-6-20-8-11-23(12-9-20)24-15-13-22(14-16-24)21(5-2)10-7-19(3)25-17-26(29)28(31)27(30)18-25/h7,10,17-18,20,22-24H,4-6,8-9,11-16H2,1-3H3/b19-7+,21-10+. The fourth-order valence-electron chi connectivity index (χ4n) is 5.97. The summed E-state index contributed by atoms with van der Waals surface area (Å²) in [4.78, 5) is 0. The van der Waals surface area contributed by atoms with Crippen molar-refractivity contribution >= 4 is 5.57 Å². The van der Waals surface area contributed by atoms with Gasteiger partial charge in [-0.1, -0.05) is 57.3 Å². The van der Waals surface area contributed by atoms with Gasteiger partial charge >= 0.3 is 0 Å². The second-order valence-corrected chi connectivity index (χ2v) is 9.88. The first-order valence-corrected chi connectivity index (χ1v) is 12.4. The van der Waals surface area contributed by atoms with Crippen molar-refractivity contribution in [2.75, 3.05) is 0 Å². The maximum atomic E-state index is 13.5. The lowest BCUT2D eigenvalue weighted by Gasteiger charge is -2.38. The molecule has 0 nitrogen and oxygen atoms in total. The molecule has 0 aromatic heterocycles. The molecule has 0 radical (unpaired) electrons. The largest absolute Gasteiger partial charge is 0.204 e. The van der Waals surface area contributed by atoms with Gasteiger partial charge in [-0.15, -0.1) is 0 Å². The maximum absolute atomic E-state index is 13.5. The molecular formula is C28H39F3. The van der Waals surface area contributed by atoms with Gasteiger partial charge in [0.2, 0.25) is 0 Å². The summed E-state index contributed by atoms with van der Waals surface area (Å²) in [6.07, 6.45) is 18.7. The smallest absolute Gasteiger partial charge is 0.194 e. The van der Waals surface area contributed by atoms with Crippen LogP contribution in [-0.2, 0) is 0 Å². The van der Waals surface area contributed by atoms with Crippen LogP contribution >= 0.6 is 0 Å². The third kappa shape index (κ3) is 6.26. The Bertz CT molecular complexity index is 752. The summed E-state index contributed by atoms with van der Waals surface area (Å²) >= 11 is 0. The molecular weight excluding hydrogens is 393 g/mol. The summed E-state index contributed by atoms with van der Waals surface area (Å²) in [5.41, 5.74) is 2.57. The molecule has 0 unspecified atom stereocenters. The molecule has 0 saturated heterocycles. The molecule has 2 aliphatic carbocycles. The number of hydrogen-bond donors (Lipinski definition) is 0. The van der Waals surface area contributed by atoms with Crippen LogP contribution in [0.2, 0.25) is 0 Å². The lowest BCUT2D eigenvalue weighted by Crippen LogP contribution is -2.26. The Morgan fingerprint density at radius 2 is 1.39 bits per heavy atom. The Hall–Kier alpha value is -1.51. The lowest BCUT2D eigenvalue weighted by atomic mass is 9.67. The van der Waals surface area contributed by atoms with Crippen molar-refractivity contribution in [3.63, 3.8) is 0 Å². The van der Waals surface area contributed by atoms with Crippen LogP contribution in [0.4, 0.5) is 13.2 Å². The van der Waals surface area contributed by atoms with Gasteiger partial charge in [-0.3, -0.25) is 0 Å². The molecule has 3 rings (SSSR count). The van der Waals surface area contributed by atoms with E-state index >= 15 is 0 Å². The van der Waals surface area contributed by atoms with Crippen LogP contribution in [0.5, 0.6) is 0 Å². The van der Waals surface area contributed by atoms with Gasteiger partial charge in [0, 0.05) is 0 Å². The molecule has 0 aliphatic heterocycles. The van der Waals surface area contributed by atoms with Gasteiger partial charge in [0.25, 0.3) is 0 Å². The number of halogens is 3. The zero-order valence-corrected chi connectivity index (χ0v) is 19.5. The van der Waals surface area contributed by atoms with E-state index in [-0.39, 0.29) is 0 Å². The molecule has 0 heterocycles. The van der Waals surface area contributed by atoms with Crippen molar-refractivity contribution in [3.05, 3.63) is 52.9 Å². The molecule has 0 N–H and O–H groups in total. The summed E-state index contributed by atoms with van der Waals surface area (Å²) in [5.74, 6) is -0.243. The number of hydrogen-bond acceptors (Lipinski definition) is 0. The summed E-state index contributed by atoms with van der Waals surface area (Å²) in [5, 5.41) is 0. The zero-order chi connectivity index (χ0) is 22.4. The van der Waals surface area contributed by atoms with Crippen LogP contribution in [0.3, 0.4) is 0 Å². The van der Waals surface area contributed by atoms with Gasteiger partial charge < -0.3 is 0 Å². The van der Waals surface area contributed by atoms with E-state index in [1.165, 1.54) is 69.8 Å². The summed E-state index contributed by atoms with van der Waals surface area (Å²) < 4.78 is 40.3. The predicted octanol–water partition coefficient (Wildman–Crippen LogP) is 9.26. The van der Waals surface area contributed by atoms with E-state index in [9.17, 15) is 13.2 Å². The van der Waals surface area contributed by atoms with Gasteiger partial charge in [0.05, 0.1) is 0 Å². The monoisotopic (exact) mass is 432 g/mol. The topological polar surface area (TPSA) is 0 Å². The number of rotatable bonds is 7. The quantitative estimate of drug-likeness (QED) is 0.297. The van der Waals surface area contributed by atoms with Crippen molar-refractivity contribution in [1.82, 2.24) is 0 Å². The molecule has 2 saturated carbocycles. The number of benzene rings is 1. The third-order valence-electron chi connectivity index (χ3n) is 7.95. The van der Waals surface area contributed by atoms with E-state index in [0.717, 1.165) is 41.9 Å². The van der Waals surface area contributed by atoms with E-state index < -0.39 is 17.5 Å². The van der Waals surface area contributed by atoms with E-state index in [2.05, 4.69) is 19.9 Å². The van der Waals surface area contributed by atoms with Crippen LogP contribution in [-0.4, -0.2) is 0 Å². The Morgan fingerprint density at radius 1 is 0.839 bits per heavy atom. The Labute approximate surface area is 187 Å². The minimum Gasteiger partial charge on any atom is -0.204 e. The summed E-state index contributed by atoms with van der Waals surface area (Å²) in [6.45, 7) is 6.31. The zero-order valence-electron chi connectivity index (χ0n) is 19.5. The Morgan fingerprint density at radius 3 is 1.90 bits per heavy atom. The van der Waals surface area contributed by atoms with Crippen LogP contribution in [0.15, 0.2) is 29.9 Å². The van der Waals surface area contributed by atoms with Gasteiger partial charge in [-0.25, -0.2) is 13.2 Å². The van der Waals surface area contributed by atoms with Crippen molar-refractivity contribution in [2.24, 2.45) is 23.7 Å². The van der Waals surface area contributed by atoms with Crippen molar-refractivity contribution < 1.29 is 13.2 Å². The first-order chi connectivity index (χ1) is 14.9. The number of allylic oxidation sites excluding steroid dienone is 4. The Kier molecular flexibility index (Phi) is 8.86. The van der Waals surface area contributed by atoms with Crippen LogP contribution in [0.1, 0.15) is 97.0 Å². The molecule has 0 spiro atoms. The molecule has 0 atom stereocenters. The fourth-order valence-corrected chi connectivity index (χ4v) is 5.97. The molecule has 31 heavy (non-hydrogen) atoms. The Balaban J connectivity index is 1.57. The highest BCUT2D eigenvalue weighted by atomic mass is 19.2. The first kappa shape index (κ1) is 24.1. The van der Waals surface area contributed by atoms with Gasteiger partial charge in [0.15, 0.2) is 17.5 Å². The van der Waals surface area contributed by atoms with Gasteiger partial charge in [0.1, 0.15) is 0 Å². The van der Waals surface area contributed by atoms with Gasteiger partial charge in [-0.2, -0.15) is 0 Å².